The molecule has 3 aromatic heterocycles. The molecule has 0 bridgehead atoms. The lowest BCUT2D eigenvalue weighted by atomic mass is 10.1. The van der Waals surface area contributed by atoms with E-state index in [1.54, 1.807) is 30.6 Å². The fourth-order valence-corrected chi connectivity index (χ4v) is 3.72. The van der Waals surface area contributed by atoms with Crippen molar-refractivity contribution in [3.63, 3.8) is 0 Å². The van der Waals surface area contributed by atoms with Gasteiger partial charge in [-0.25, -0.2) is 9.97 Å². The minimum Gasteiger partial charge on any atom is -0.464 e. The van der Waals surface area contributed by atoms with Crippen LogP contribution in [0.4, 0.5) is 5.69 Å². The fourth-order valence-electron chi connectivity index (χ4n) is 3.05. The van der Waals surface area contributed by atoms with Crippen molar-refractivity contribution < 1.29 is 4.74 Å². The van der Waals surface area contributed by atoms with Crippen molar-refractivity contribution in [1.29, 1.82) is 0 Å². The van der Waals surface area contributed by atoms with E-state index in [2.05, 4.69) is 36.7 Å². The van der Waals surface area contributed by atoms with Crippen molar-refractivity contribution in [2.24, 2.45) is 13.0 Å². The zero-order valence-corrected chi connectivity index (χ0v) is 15.2. The van der Waals surface area contributed by atoms with Crippen LogP contribution in [0.15, 0.2) is 46.3 Å². The van der Waals surface area contributed by atoms with Crippen LogP contribution >= 0.6 is 11.3 Å². The topological polar surface area (TPSA) is 73.1 Å². The Morgan fingerprint density at radius 1 is 1.35 bits per heavy atom. The number of aromatic nitrogens is 4. The average Bonchev–Trinajstić information content (AvgIpc) is 3.35. The lowest BCUT2D eigenvalue weighted by Gasteiger charge is -2.17. The molecular formula is C18H19N5O2S. The summed E-state index contributed by atoms with van der Waals surface area (Å²) in [5.74, 6) is 0.412. The monoisotopic (exact) mass is 369 g/mol. The Balaban J connectivity index is 1.47. The molecular weight excluding hydrogens is 350 g/mol. The summed E-state index contributed by atoms with van der Waals surface area (Å²) in [6, 6.07) is 5.65. The first kappa shape index (κ1) is 16.7. The van der Waals surface area contributed by atoms with Crippen LogP contribution in [0.2, 0.25) is 0 Å². The molecule has 4 heterocycles. The van der Waals surface area contributed by atoms with E-state index in [0.29, 0.717) is 29.9 Å². The van der Waals surface area contributed by atoms with E-state index in [9.17, 15) is 4.79 Å². The SMILES string of the molecule is Cn1c(OC[C@H]2CCN(c3ccsc3)C2)nc(-c2ccncn2)cc1=O. The molecule has 1 aliphatic rings. The summed E-state index contributed by atoms with van der Waals surface area (Å²) < 4.78 is 7.34. The molecule has 1 saturated heterocycles. The maximum atomic E-state index is 12.2. The molecule has 1 atom stereocenters. The number of ether oxygens (including phenoxy) is 1. The third-order valence-electron chi connectivity index (χ3n) is 4.54. The first-order chi connectivity index (χ1) is 12.7. The second-order valence-electron chi connectivity index (χ2n) is 6.31. The Kier molecular flexibility index (Phi) is 4.66. The van der Waals surface area contributed by atoms with Crippen molar-refractivity contribution in [2.75, 3.05) is 24.6 Å². The first-order valence-corrected chi connectivity index (χ1v) is 9.39. The fraction of sp³-hybridized carbons (Fsp3) is 0.333. The van der Waals surface area contributed by atoms with Gasteiger partial charge in [0.25, 0.3) is 11.6 Å². The normalized spacial score (nSPS) is 16.8. The molecule has 3 aromatic rings. The van der Waals surface area contributed by atoms with Crippen molar-refractivity contribution in [2.45, 2.75) is 6.42 Å². The highest BCUT2D eigenvalue weighted by Crippen LogP contribution is 2.26. The molecule has 0 N–H and O–H groups in total. The standard InChI is InChI=1S/C18H19N5O2S/c1-22-17(24)8-16(15-2-5-19-12-20-15)21-18(22)25-10-13-3-6-23(9-13)14-4-7-26-11-14/h2,4-5,7-8,11-13H,3,6,9-10H2,1H3/t13-/m0/s1. The molecule has 0 aromatic carbocycles. The van der Waals surface area contributed by atoms with Crippen LogP contribution in [-0.4, -0.2) is 39.2 Å². The van der Waals surface area contributed by atoms with Gasteiger partial charge < -0.3 is 9.64 Å². The molecule has 1 fully saturated rings. The second-order valence-corrected chi connectivity index (χ2v) is 7.09. The number of nitrogens with zero attached hydrogens (tertiary/aromatic N) is 5. The molecule has 0 amide bonds. The van der Waals surface area contributed by atoms with Crippen LogP contribution in [0.1, 0.15) is 6.42 Å². The molecule has 0 saturated carbocycles. The predicted octanol–water partition coefficient (Wildman–Crippen LogP) is 2.20. The van der Waals surface area contributed by atoms with Crippen molar-refractivity contribution >= 4 is 17.0 Å². The predicted molar refractivity (Wildman–Crippen MR) is 101 cm³/mol. The van der Waals surface area contributed by atoms with Crippen LogP contribution in [0, 0.1) is 5.92 Å². The van der Waals surface area contributed by atoms with Gasteiger partial charge in [0.1, 0.15) is 6.33 Å². The second kappa shape index (κ2) is 7.25. The number of hydrogen-bond donors (Lipinski definition) is 0. The van der Waals surface area contributed by atoms with Crippen molar-refractivity contribution in [3.05, 3.63) is 51.8 Å². The van der Waals surface area contributed by atoms with Gasteiger partial charge in [-0.05, 0) is 23.9 Å². The summed E-state index contributed by atoms with van der Waals surface area (Å²) in [6.45, 7) is 2.52. The molecule has 8 heteroatoms. The van der Waals surface area contributed by atoms with E-state index in [-0.39, 0.29) is 5.56 Å². The average molecular weight is 369 g/mol. The van der Waals surface area contributed by atoms with Crippen LogP contribution < -0.4 is 15.2 Å². The van der Waals surface area contributed by atoms with Gasteiger partial charge in [0, 0.05) is 49.4 Å². The minimum atomic E-state index is -0.171. The van der Waals surface area contributed by atoms with Gasteiger partial charge in [-0.3, -0.25) is 9.36 Å². The van der Waals surface area contributed by atoms with Gasteiger partial charge in [-0.15, -0.1) is 0 Å². The lowest BCUT2D eigenvalue weighted by molar-refractivity contribution is 0.231. The molecule has 1 aliphatic heterocycles. The summed E-state index contributed by atoms with van der Waals surface area (Å²) >= 11 is 1.71. The third kappa shape index (κ3) is 3.45. The summed E-state index contributed by atoms with van der Waals surface area (Å²) in [7, 11) is 1.67. The maximum absolute atomic E-state index is 12.2. The smallest absolute Gasteiger partial charge is 0.299 e. The highest BCUT2D eigenvalue weighted by molar-refractivity contribution is 7.08. The van der Waals surface area contributed by atoms with Crippen molar-refractivity contribution in [3.8, 4) is 17.4 Å². The number of rotatable bonds is 5. The third-order valence-corrected chi connectivity index (χ3v) is 5.21. The van der Waals surface area contributed by atoms with Crippen LogP contribution in [0.5, 0.6) is 6.01 Å². The number of anilines is 1. The molecule has 7 nitrogen and oxygen atoms in total. The van der Waals surface area contributed by atoms with Crippen LogP contribution in [0.25, 0.3) is 11.4 Å². The van der Waals surface area contributed by atoms with Gasteiger partial charge in [0.05, 0.1) is 18.0 Å². The highest BCUT2D eigenvalue weighted by Gasteiger charge is 2.24. The van der Waals surface area contributed by atoms with E-state index in [4.69, 9.17) is 4.74 Å². The van der Waals surface area contributed by atoms with Gasteiger partial charge in [-0.1, -0.05) is 0 Å². The molecule has 0 spiro atoms. The Morgan fingerprint density at radius 3 is 3.04 bits per heavy atom. The van der Waals surface area contributed by atoms with E-state index in [0.717, 1.165) is 19.5 Å². The van der Waals surface area contributed by atoms with Gasteiger partial charge in [-0.2, -0.15) is 16.3 Å². The highest BCUT2D eigenvalue weighted by atomic mass is 32.1. The van der Waals surface area contributed by atoms with E-state index < -0.39 is 0 Å². The molecule has 0 radical (unpaired) electrons. The molecule has 0 aliphatic carbocycles. The van der Waals surface area contributed by atoms with Gasteiger partial charge in [0.2, 0.25) is 0 Å². The largest absolute Gasteiger partial charge is 0.464 e. The van der Waals surface area contributed by atoms with E-state index in [1.807, 2.05) is 0 Å². The molecule has 4 rings (SSSR count). The number of hydrogen-bond acceptors (Lipinski definition) is 7. The van der Waals surface area contributed by atoms with Crippen molar-refractivity contribution in [1.82, 2.24) is 19.5 Å². The Labute approximate surface area is 154 Å². The van der Waals surface area contributed by atoms with Crippen LogP contribution in [0.3, 0.4) is 0 Å². The minimum absolute atomic E-state index is 0.171. The quantitative estimate of drug-likeness (QED) is 0.687. The van der Waals surface area contributed by atoms with E-state index in [1.165, 1.54) is 22.6 Å². The zero-order chi connectivity index (χ0) is 17.9. The summed E-state index contributed by atoms with van der Waals surface area (Å²) in [6.07, 6.45) is 4.13. The molecule has 0 unspecified atom stereocenters. The summed E-state index contributed by atoms with van der Waals surface area (Å²) in [5.41, 5.74) is 2.20. The zero-order valence-electron chi connectivity index (χ0n) is 14.4. The Morgan fingerprint density at radius 2 is 2.27 bits per heavy atom. The summed E-state index contributed by atoms with van der Waals surface area (Å²) in [4.78, 5) is 27.1. The van der Waals surface area contributed by atoms with E-state index >= 15 is 0 Å². The summed E-state index contributed by atoms with van der Waals surface area (Å²) in [5, 5.41) is 4.26. The van der Waals surface area contributed by atoms with Crippen LogP contribution in [-0.2, 0) is 7.05 Å². The Hall–Kier alpha value is -2.74. The maximum Gasteiger partial charge on any atom is 0.299 e. The molecule has 26 heavy (non-hydrogen) atoms. The molecule has 134 valence electrons. The van der Waals surface area contributed by atoms with Gasteiger partial charge in [0.15, 0.2) is 0 Å². The Bertz CT molecular complexity index is 927. The number of thiophene rings is 1. The van der Waals surface area contributed by atoms with Gasteiger partial charge >= 0.3 is 0 Å². The first-order valence-electron chi connectivity index (χ1n) is 8.45. The lowest BCUT2D eigenvalue weighted by Crippen LogP contribution is -2.24.